The largest absolute Gasteiger partial charge is 0.497 e. The molecule has 0 unspecified atom stereocenters. The van der Waals surface area contributed by atoms with Crippen LogP contribution in [0.25, 0.3) is 11.4 Å². The Morgan fingerprint density at radius 1 is 1.06 bits per heavy atom. The fraction of sp³-hybridized carbons (Fsp3) is 0.375. The third-order valence-electron chi connectivity index (χ3n) is 5.72. The van der Waals surface area contributed by atoms with Gasteiger partial charge in [-0.1, -0.05) is 41.6 Å². The van der Waals surface area contributed by atoms with Gasteiger partial charge in [0, 0.05) is 45.3 Å². The number of rotatable bonds is 7. The summed E-state index contributed by atoms with van der Waals surface area (Å²) in [5.41, 5.74) is 3.58. The van der Waals surface area contributed by atoms with Crippen LogP contribution in [-0.4, -0.2) is 69.5 Å². The van der Waals surface area contributed by atoms with Gasteiger partial charge in [0.25, 0.3) is 0 Å². The van der Waals surface area contributed by atoms with Crippen LogP contribution >= 0.6 is 11.8 Å². The molecule has 0 bridgehead atoms. The summed E-state index contributed by atoms with van der Waals surface area (Å²) in [5, 5.41) is 9.33. The Morgan fingerprint density at radius 2 is 1.81 bits per heavy atom. The lowest BCUT2D eigenvalue weighted by atomic mass is 10.1. The molecule has 1 amide bonds. The summed E-state index contributed by atoms with van der Waals surface area (Å²) in [6.45, 7) is 6.38. The van der Waals surface area contributed by atoms with Gasteiger partial charge in [-0.15, -0.1) is 10.2 Å². The molecule has 4 rings (SSSR count). The molecular weight excluding hydrogens is 422 g/mol. The van der Waals surface area contributed by atoms with Gasteiger partial charge < -0.3 is 14.2 Å². The molecule has 2 heterocycles. The third-order valence-corrected chi connectivity index (χ3v) is 6.73. The number of carbonyl (C=O) groups is 1. The Kier molecular flexibility index (Phi) is 7.12. The van der Waals surface area contributed by atoms with Crippen molar-refractivity contribution in [3.8, 4) is 17.1 Å². The maximum absolute atomic E-state index is 12.8. The van der Waals surface area contributed by atoms with Gasteiger partial charge in [0.05, 0.1) is 12.9 Å². The van der Waals surface area contributed by atoms with E-state index in [9.17, 15) is 4.79 Å². The lowest BCUT2D eigenvalue weighted by molar-refractivity contribution is -0.130. The monoisotopic (exact) mass is 451 g/mol. The molecule has 1 saturated heterocycles. The molecule has 8 heteroatoms. The fourth-order valence-electron chi connectivity index (χ4n) is 3.87. The summed E-state index contributed by atoms with van der Waals surface area (Å²) in [6.07, 6.45) is 0. The predicted octanol–water partition coefficient (Wildman–Crippen LogP) is 3.24. The number of piperazine rings is 1. The first-order valence-corrected chi connectivity index (χ1v) is 11.7. The van der Waals surface area contributed by atoms with Gasteiger partial charge in [0.2, 0.25) is 5.91 Å². The second-order valence-electron chi connectivity index (χ2n) is 8.03. The molecule has 32 heavy (non-hydrogen) atoms. The Hall–Kier alpha value is -2.84. The molecule has 1 aliphatic rings. The molecule has 1 aliphatic heterocycles. The molecule has 0 aliphatic carbocycles. The molecule has 1 fully saturated rings. The molecule has 2 aromatic carbocycles. The maximum atomic E-state index is 12.8. The molecule has 1 aromatic heterocycles. The predicted molar refractivity (Wildman–Crippen MR) is 127 cm³/mol. The number of aryl methyl sites for hydroxylation is 1. The zero-order valence-corrected chi connectivity index (χ0v) is 19.6. The first-order valence-electron chi connectivity index (χ1n) is 10.8. The Morgan fingerprint density at radius 3 is 2.50 bits per heavy atom. The zero-order valence-electron chi connectivity index (χ0n) is 18.8. The quantitative estimate of drug-likeness (QED) is 0.514. The van der Waals surface area contributed by atoms with E-state index in [-0.39, 0.29) is 5.91 Å². The van der Waals surface area contributed by atoms with Gasteiger partial charge in [0.1, 0.15) is 5.75 Å². The third kappa shape index (κ3) is 5.31. The van der Waals surface area contributed by atoms with E-state index in [2.05, 4.69) is 46.3 Å². The number of amides is 1. The molecule has 0 atom stereocenters. The minimum absolute atomic E-state index is 0.152. The van der Waals surface area contributed by atoms with E-state index in [1.165, 1.54) is 22.9 Å². The van der Waals surface area contributed by atoms with Crippen molar-refractivity contribution >= 4 is 17.7 Å². The number of aromatic nitrogens is 3. The van der Waals surface area contributed by atoms with Crippen molar-refractivity contribution < 1.29 is 9.53 Å². The van der Waals surface area contributed by atoms with Crippen LogP contribution in [0.4, 0.5) is 0 Å². The molecule has 0 N–H and O–H groups in total. The van der Waals surface area contributed by atoms with Gasteiger partial charge in [-0.2, -0.15) is 0 Å². The fourth-order valence-corrected chi connectivity index (χ4v) is 4.69. The van der Waals surface area contributed by atoms with Crippen molar-refractivity contribution in [3.05, 3.63) is 59.7 Å². The van der Waals surface area contributed by atoms with E-state index in [4.69, 9.17) is 4.74 Å². The number of thioether (sulfide) groups is 1. The SMILES string of the molecule is COc1ccc(-c2nnc(SCC(=O)N3CCN(Cc4cccc(C)c4)CC3)n2C)cc1. The van der Waals surface area contributed by atoms with Crippen LogP contribution in [0.2, 0.25) is 0 Å². The highest BCUT2D eigenvalue weighted by atomic mass is 32.2. The highest BCUT2D eigenvalue weighted by molar-refractivity contribution is 7.99. The topological polar surface area (TPSA) is 63.5 Å². The molecule has 0 spiro atoms. The van der Waals surface area contributed by atoms with Crippen molar-refractivity contribution in [2.75, 3.05) is 39.0 Å². The number of methoxy groups -OCH3 is 1. The van der Waals surface area contributed by atoms with Crippen LogP contribution in [0.15, 0.2) is 53.7 Å². The number of hydrogen-bond donors (Lipinski definition) is 0. The van der Waals surface area contributed by atoms with Crippen LogP contribution in [0.5, 0.6) is 5.75 Å². The first-order chi connectivity index (χ1) is 15.5. The van der Waals surface area contributed by atoms with Crippen LogP contribution in [-0.2, 0) is 18.4 Å². The van der Waals surface area contributed by atoms with Gasteiger partial charge in [0.15, 0.2) is 11.0 Å². The molecular formula is C24H29N5O2S. The summed E-state index contributed by atoms with van der Waals surface area (Å²) in [5.74, 6) is 2.09. The summed E-state index contributed by atoms with van der Waals surface area (Å²) in [7, 11) is 3.57. The van der Waals surface area contributed by atoms with Crippen molar-refractivity contribution in [1.82, 2.24) is 24.6 Å². The lowest BCUT2D eigenvalue weighted by Crippen LogP contribution is -2.48. The Bertz CT molecular complexity index is 1060. The van der Waals surface area contributed by atoms with Crippen LogP contribution in [0.3, 0.4) is 0 Å². The maximum Gasteiger partial charge on any atom is 0.233 e. The van der Waals surface area contributed by atoms with Gasteiger partial charge in [-0.25, -0.2) is 0 Å². The van der Waals surface area contributed by atoms with E-state index in [0.717, 1.165) is 55.0 Å². The number of nitrogens with zero attached hydrogens (tertiary/aromatic N) is 5. The van der Waals surface area contributed by atoms with E-state index < -0.39 is 0 Å². The normalized spacial score (nSPS) is 14.5. The standard InChI is InChI=1S/C24H29N5O2S/c1-18-5-4-6-19(15-18)16-28-11-13-29(14-12-28)22(30)17-32-24-26-25-23(27(24)2)20-7-9-21(31-3)10-8-20/h4-10,15H,11-14,16-17H2,1-3H3. The lowest BCUT2D eigenvalue weighted by Gasteiger charge is -2.34. The smallest absolute Gasteiger partial charge is 0.233 e. The van der Waals surface area contributed by atoms with Crippen LogP contribution in [0, 0.1) is 6.92 Å². The molecule has 0 radical (unpaired) electrons. The van der Waals surface area contributed by atoms with Crippen molar-refractivity contribution in [1.29, 1.82) is 0 Å². The van der Waals surface area contributed by atoms with E-state index >= 15 is 0 Å². The molecule has 7 nitrogen and oxygen atoms in total. The highest BCUT2D eigenvalue weighted by Crippen LogP contribution is 2.24. The van der Waals surface area contributed by atoms with Crippen LogP contribution in [0.1, 0.15) is 11.1 Å². The van der Waals surface area contributed by atoms with Gasteiger partial charge >= 0.3 is 0 Å². The second kappa shape index (κ2) is 10.2. The Balaban J connectivity index is 1.27. The molecule has 0 saturated carbocycles. The molecule has 168 valence electrons. The van der Waals surface area contributed by atoms with Gasteiger partial charge in [-0.3, -0.25) is 9.69 Å². The van der Waals surface area contributed by atoms with E-state index in [1.54, 1.807) is 7.11 Å². The number of ether oxygens (including phenoxy) is 1. The number of benzene rings is 2. The van der Waals surface area contributed by atoms with Crippen LogP contribution < -0.4 is 4.74 Å². The van der Waals surface area contributed by atoms with E-state index in [0.29, 0.717) is 5.75 Å². The minimum atomic E-state index is 0.152. The summed E-state index contributed by atoms with van der Waals surface area (Å²) in [6, 6.07) is 16.3. The van der Waals surface area contributed by atoms with Crippen molar-refractivity contribution in [2.45, 2.75) is 18.6 Å². The summed E-state index contributed by atoms with van der Waals surface area (Å²) >= 11 is 1.44. The second-order valence-corrected chi connectivity index (χ2v) is 8.97. The average Bonchev–Trinajstić information content (AvgIpc) is 3.18. The number of carbonyl (C=O) groups excluding carboxylic acids is 1. The summed E-state index contributed by atoms with van der Waals surface area (Å²) < 4.78 is 7.14. The van der Waals surface area contributed by atoms with Crippen molar-refractivity contribution in [3.63, 3.8) is 0 Å². The average molecular weight is 452 g/mol. The number of hydrogen-bond acceptors (Lipinski definition) is 6. The highest BCUT2D eigenvalue weighted by Gasteiger charge is 2.22. The first kappa shape index (κ1) is 22.4. The van der Waals surface area contributed by atoms with Gasteiger partial charge in [-0.05, 0) is 36.8 Å². The summed E-state index contributed by atoms with van der Waals surface area (Å²) in [4.78, 5) is 17.1. The minimum Gasteiger partial charge on any atom is -0.497 e. The Labute approximate surface area is 193 Å². The van der Waals surface area contributed by atoms with Crippen molar-refractivity contribution in [2.24, 2.45) is 7.05 Å². The zero-order chi connectivity index (χ0) is 22.5. The van der Waals surface area contributed by atoms with E-state index in [1.807, 2.05) is 40.8 Å². The molecule has 3 aromatic rings.